The van der Waals surface area contributed by atoms with E-state index >= 15 is 0 Å². The molecule has 0 unspecified atom stereocenters. The predicted molar refractivity (Wildman–Crippen MR) is 67.8 cm³/mol. The molecule has 3 saturated carbocycles. The van der Waals surface area contributed by atoms with Crippen LogP contribution in [0.5, 0.6) is 0 Å². The third-order valence-corrected chi connectivity index (χ3v) is 5.01. The molecule has 0 amide bonds. The van der Waals surface area contributed by atoms with Gasteiger partial charge >= 0.3 is 0 Å². The van der Waals surface area contributed by atoms with Gasteiger partial charge < -0.3 is 0 Å². The normalized spacial score (nSPS) is 38.6. The van der Waals surface area contributed by atoms with Crippen LogP contribution in [0.2, 0.25) is 0 Å². The van der Waals surface area contributed by atoms with Crippen molar-refractivity contribution in [2.75, 3.05) is 0 Å². The average Bonchev–Trinajstić information content (AvgIpc) is 2.11. The number of rotatable bonds is 3. The molecule has 2 bridgehead atoms. The summed E-state index contributed by atoms with van der Waals surface area (Å²) in [6.07, 6.45) is 7.18. The Labute approximate surface area is 99.2 Å². The number of aryl methyl sites for hydroxylation is 1. The van der Waals surface area contributed by atoms with Crippen molar-refractivity contribution in [1.82, 2.24) is 0 Å². The van der Waals surface area contributed by atoms with E-state index in [-0.39, 0.29) is 0 Å². The molecule has 0 nitrogen and oxygen atoms in total. The Bertz CT molecular complexity index is 322. The first kappa shape index (κ1) is 9.20. The summed E-state index contributed by atoms with van der Waals surface area (Å²) >= 11 is 2.66. The molecule has 1 aromatic rings. The zero-order valence-electron chi connectivity index (χ0n) is 8.30. The van der Waals surface area contributed by atoms with Crippen LogP contribution in [0.15, 0.2) is 30.3 Å². The Hall–Kier alpha value is -0.0500. The van der Waals surface area contributed by atoms with Crippen LogP contribution in [0.1, 0.15) is 31.2 Å². The maximum absolute atomic E-state index is 2.66. The minimum atomic E-state index is 0.744. The second-order valence-electron chi connectivity index (χ2n) is 5.17. The highest BCUT2D eigenvalue weighted by Gasteiger charge is 2.65. The van der Waals surface area contributed by atoms with E-state index < -0.39 is 0 Å². The Kier molecular flexibility index (Phi) is 1.95. The topological polar surface area (TPSA) is 0 Å². The Morgan fingerprint density at radius 1 is 1.07 bits per heavy atom. The van der Waals surface area contributed by atoms with Gasteiger partial charge in [-0.15, -0.1) is 0 Å². The summed E-state index contributed by atoms with van der Waals surface area (Å²) in [5, 5.41) is 0. The van der Waals surface area contributed by atoms with Crippen LogP contribution < -0.4 is 0 Å². The van der Waals surface area contributed by atoms with Crippen molar-refractivity contribution in [2.24, 2.45) is 5.41 Å². The van der Waals surface area contributed by atoms with Crippen LogP contribution >= 0.6 is 22.6 Å². The minimum Gasteiger partial charge on any atom is -0.0788 e. The summed E-state index contributed by atoms with van der Waals surface area (Å²) in [7, 11) is 0. The molecule has 14 heavy (non-hydrogen) atoms. The molecule has 3 aliphatic carbocycles. The standard InChI is InChI=1S/C13H15I/c14-13-8-12(9-13,10-13)7-6-11-4-2-1-3-5-11/h1-5H,6-10H2. The molecule has 1 heteroatoms. The fourth-order valence-corrected chi connectivity index (χ4v) is 5.61. The molecular weight excluding hydrogens is 283 g/mol. The van der Waals surface area contributed by atoms with E-state index in [1.807, 2.05) is 0 Å². The molecule has 3 fully saturated rings. The highest BCUT2D eigenvalue weighted by Crippen LogP contribution is 2.73. The number of benzene rings is 1. The molecule has 4 rings (SSSR count). The minimum absolute atomic E-state index is 0.744. The molecule has 0 spiro atoms. The van der Waals surface area contributed by atoms with E-state index in [0.717, 1.165) is 8.84 Å². The van der Waals surface area contributed by atoms with Gasteiger partial charge in [-0.3, -0.25) is 0 Å². The SMILES string of the molecule is IC12CC(CCc3ccccc3)(C1)C2. The largest absolute Gasteiger partial charge is 0.0788 e. The highest BCUT2D eigenvalue weighted by molar-refractivity contribution is 14.1. The monoisotopic (exact) mass is 298 g/mol. The molecule has 1 aromatic carbocycles. The van der Waals surface area contributed by atoms with E-state index in [2.05, 4.69) is 52.9 Å². The van der Waals surface area contributed by atoms with Gasteiger partial charge in [-0.1, -0.05) is 52.9 Å². The maximum Gasteiger partial charge on any atom is 0.0238 e. The predicted octanol–water partition coefficient (Wildman–Crippen LogP) is 3.98. The van der Waals surface area contributed by atoms with Crippen molar-refractivity contribution in [3.8, 4) is 0 Å². The lowest BCUT2D eigenvalue weighted by Gasteiger charge is -2.68. The Balaban J connectivity index is 1.57. The van der Waals surface area contributed by atoms with Gasteiger partial charge in [0.25, 0.3) is 0 Å². The Morgan fingerprint density at radius 2 is 1.71 bits per heavy atom. The summed E-state index contributed by atoms with van der Waals surface area (Å²) in [5.41, 5.74) is 2.29. The number of hydrogen-bond donors (Lipinski definition) is 0. The summed E-state index contributed by atoms with van der Waals surface area (Å²) in [6.45, 7) is 0. The average molecular weight is 298 g/mol. The smallest absolute Gasteiger partial charge is 0.0238 e. The molecule has 74 valence electrons. The third-order valence-electron chi connectivity index (χ3n) is 3.86. The van der Waals surface area contributed by atoms with Gasteiger partial charge in [0, 0.05) is 3.42 Å². The zero-order chi connectivity index (χ0) is 9.65. The highest BCUT2D eigenvalue weighted by atomic mass is 127. The van der Waals surface area contributed by atoms with Gasteiger partial charge in [-0.05, 0) is 43.1 Å². The van der Waals surface area contributed by atoms with Gasteiger partial charge in [0.05, 0.1) is 0 Å². The van der Waals surface area contributed by atoms with E-state index in [9.17, 15) is 0 Å². The number of alkyl halides is 1. The van der Waals surface area contributed by atoms with Crippen LogP contribution in [0.3, 0.4) is 0 Å². The molecule has 0 atom stereocenters. The van der Waals surface area contributed by atoms with Gasteiger partial charge in [0.1, 0.15) is 0 Å². The summed E-state index contributed by atoms with van der Waals surface area (Å²) in [4.78, 5) is 0. The lowest BCUT2D eigenvalue weighted by Crippen LogP contribution is -2.63. The fraction of sp³-hybridized carbons (Fsp3) is 0.538. The molecule has 0 radical (unpaired) electrons. The van der Waals surface area contributed by atoms with Crippen LogP contribution in [0.25, 0.3) is 0 Å². The Morgan fingerprint density at radius 3 is 2.29 bits per heavy atom. The van der Waals surface area contributed by atoms with Crippen molar-refractivity contribution >= 4 is 22.6 Å². The van der Waals surface area contributed by atoms with E-state index in [4.69, 9.17) is 0 Å². The molecule has 0 aromatic heterocycles. The van der Waals surface area contributed by atoms with Gasteiger partial charge in [0.15, 0.2) is 0 Å². The van der Waals surface area contributed by atoms with E-state index in [1.54, 1.807) is 0 Å². The van der Waals surface area contributed by atoms with Crippen LogP contribution in [-0.2, 0) is 6.42 Å². The number of halogens is 1. The van der Waals surface area contributed by atoms with Crippen LogP contribution in [-0.4, -0.2) is 3.42 Å². The molecule has 0 N–H and O–H groups in total. The molecule has 0 saturated heterocycles. The first-order valence-corrected chi connectivity index (χ1v) is 6.51. The molecule has 0 heterocycles. The lowest BCUT2D eigenvalue weighted by atomic mass is 9.43. The molecule has 3 aliphatic rings. The van der Waals surface area contributed by atoms with Crippen molar-refractivity contribution in [3.05, 3.63) is 35.9 Å². The van der Waals surface area contributed by atoms with Crippen molar-refractivity contribution in [1.29, 1.82) is 0 Å². The van der Waals surface area contributed by atoms with Gasteiger partial charge in [0.2, 0.25) is 0 Å². The van der Waals surface area contributed by atoms with Gasteiger partial charge in [-0.2, -0.15) is 0 Å². The van der Waals surface area contributed by atoms with Crippen molar-refractivity contribution in [3.63, 3.8) is 0 Å². The summed E-state index contributed by atoms with van der Waals surface area (Å²) in [6, 6.07) is 10.9. The second kappa shape index (κ2) is 2.97. The summed E-state index contributed by atoms with van der Waals surface area (Å²) in [5.74, 6) is 0. The van der Waals surface area contributed by atoms with Gasteiger partial charge in [-0.25, -0.2) is 0 Å². The van der Waals surface area contributed by atoms with E-state index in [1.165, 1.54) is 37.7 Å². The van der Waals surface area contributed by atoms with Crippen molar-refractivity contribution in [2.45, 2.75) is 35.5 Å². The van der Waals surface area contributed by atoms with Crippen LogP contribution in [0, 0.1) is 5.41 Å². The lowest BCUT2D eigenvalue weighted by molar-refractivity contribution is -0.0690. The van der Waals surface area contributed by atoms with E-state index in [0.29, 0.717) is 0 Å². The third kappa shape index (κ3) is 1.40. The maximum atomic E-state index is 2.66. The fourth-order valence-electron chi connectivity index (χ4n) is 3.18. The quantitative estimate of drug-likeness (QED) is 0.585. The zero-order valence-corrected chi connectivity index (χ0v) is 10.5. The van der Waals surface area contributed by atoms with Crippen molar-refractivity contribution < 1.29 is 0 Å². The summed E-state index contributed by atoms with van der Waals surface area (Å²) < 4.78 is 0.744. The molecule has 0 aliphatic heterocycles. The first-order chi connectivity index (χ1) is 6.70. The van der Waals surface area contributed by atoms with Crippen LogP contribution in [0.4, 0.5) is 0 Å². The second-order valence-corrected chi connectivity index (χ2v) is 7.46. The number of hydrogen-bond acceptors (Lipinski definition) is 0. The molecular formula is C13H15I. The first-order valence-electron chi connectivity index (χ1n) is 5.43.